The van der Waals surface area contributed by atoms with E-state index in [4.69, 9.17) is 0 Å². The van der Waals surface area contributed by atoms with Crippen LogP contribution in [0.5, 0.6) is 0 Å². The van der Waals surface area contributed by atoms with Crippen molar-refractivity contribution in [3.8, 4) is 0 Å². The number of aryl methyl sites for hydroxylation is 1. The molecule has 1 aliphatic heterocycles. The van der Waals surface area contributed by atoms with E-state index in [1.807, 2.05) is 24.2 Å². The van der Waals surface area contributed by atoms with E-state index in [0.717, 1.165) is 38.0 Å². The molecular weight excluding hydrogens is 276 g/mol. The van der Waals surface area contributed by atoms with Crippen LogP contribution in [0.25, 0.3) is 0 Å². The number of carbonyl (C=O) groups excluding carboxylic acids is 1. The molecule has 0 radical (unpaired) electrons. The Balaban J connectivity index is 1.58. The molecule has 1 aliphatic rings. The predicted molar refractivity (Wildman–Crippen MR) is 83.3 cm³/mol. The van der Waals surface area contributed by atoms with Crippen LogP contribution < -0.4 is 0 Å². The fourth-order valence-electron chi connectivity index (χ4n) is 2.96. The smallest absolute Gasteiger partial charge is 0.257 e. The minimum absolute atomic E-state index is 0.0560. The third kappa shape index (κ3) is 3.30. The highest BCUT2D eigenvalue weighted by atomic mass is 16.2. The quantitative estimate of drug-likeness (QED) is 0.872. The van der Waals surface area contributed by atoms with Crippen LogP contribution in [-0.2, 0) is 6.42 Å². The van der Waals surface area contributed by atoms with Gasteiger partial charge in [0.2, 0.25) is 0 Å². The van der Waals surface area contributed by atoms with Crippen LogP contribution in [0.4, 0.5) is 0 Å². The number of carbonyl (C=O) groups is 1. The molecule has 3 heterocycles. The largest absolute Gasteiger partial charge is 0.339 e. The Morgan fingerprint density at radius 1 is 1.23 bits per heavy atom. The standard InChI is InChI=1S/C17H20N4O/c1-13-16(11-19-12-20-13)17(22)21-8-4-15(5-9-21)10-14-2-6-18-7-3-14/h2-3,6-7,11-12,15H,4-5,8-10H2,1H3. The first kappa shape index (κ1) is 14.6. The Labute approximate surface area is 130 Å². The molecule has 0 spiro atoms. The minimum atomic E-state index is 0.0560. The van der Waals surface area contributed by atoms with Crippen molar-refractivity contribution < 1.29 is 4.79 Å². The molecule has 0 saturated carbocycles. The van der Waals surface area contributed by atoms with Crippen molar-refractivity contribution in [3.05, 3.63) is 53.9 Å². The molecule has 2 aromatic rings. The van der Waals surface area contributed by atoms with E-state index in [0.29, 0.717) is 11.5 Å². The van der Waals surface area contributed by atoms with Gasteiger partial charge in [-0.25, -0.2) is 9.97 Å². The molecular formula is C17H20N4O. The SMILES string of the molecule is Cc1ncncc1C(=O)N1CCC(Cc2ccncc2)CC1. The average molecular weight is 296 g/mol. The van der Waals surface area contributed by atoms with Gasteiger partial charge in [0, 0.05) is 31.7 Å². The van der Waals surface area contributed by atoms with Gasteiger partial charge in [0.25, 0.3) is 5.91 Å². The summed E-state index contributed by atoms with van der Waals surface area (Å²) in [6.07, 6.45) is 9.93. The van der Waals surface area contributed by atoms with Gasteiger partial charge in [-0.05, 0) is 49.8 Å². The summed E-state index contributed by atoms with van der Waals surface area (Å²) in [5.41, 5.74) is 2.70. The lowest BCUT2D eigenvalue weighted by Crippen LogP contribution is -2.39. The van der Waals surface area contributed by atoms with Gasteiger partial charge in [-0.2, -0.15) is 0 Å². The van der Waals surface area contributed by atoms with Crippen LogP contribution in [0.15, 0.2) is 37.1 Å². The van der Waals surface area contributed by atoms with Crippen molar-refractivity contribution >= 4 is 5.91 Å². The third-order valence-electron chi connectivity index (χ3n) is 4.32. The van der Waals surface area contributed by atoms with E-state index in [2.05, 4.69) is 27.1 Å². The second kappa shape index (κ2) is 6.64. The second-order valence-corrected chi connectivity index (χ2v) is 5.82. The number of pyridine rings is 1. The molecule has 0 bridgehead atoms. The molecule has 0 N–H and O–H groups in total. The van der Waals surface area contributed by atoms with Crippen LogP contribution in [0, 0.1) is 12.8 Å². The normalized spacial score (nSPS) is 15.8. The van der Waals surface area contributed by atoms with Gasteiger partial charge in [-0.15, -0.1) is 0 Å². The fraction of sp³-hybridized carbons (Fsp3) is 0.412. The van der Waals surface area contributed by atoms with Gasteiger partial charge >= 0.3 is 0 Å². The van der Waals surface area contributed by atoms with Gasteiger partial charge in [-0.1, -0.05) is 0 Å². The summed E-state index contributed by atoms with van der Waals surface area (Å²) in [6.45, 7) is 3.47. The summed E-state index contributed by atoms with van der Waals surface area (Å²) in [5, 5.41) is 0. The summed E-state index contributed by atoms with van der Waals surface area (Å²) in [7, 11) is 0. The van der Waals surface area contributed by atoms with Crippen molar-refractivity contribution in [1.29, 1.82) is 0 Å². The van der Waals surface area contributed by atoms with E-state index in [9.17, 15) is 4.79 Å². The van der Waals surface area contributed by atoms with Gasteiger partial charge in [0.05, 0.1) is 11.3 Å². The van der Waals surface area contributed by atoms with Crippen LogP contribution >= 0.6 is 0 Å². The molecule has 2 aromatic heterocycles. The predicted octanol–water partition coefficient (Wildman–Crippen LogP) is 2.27. The molecule has 5 heteroatoms. The van der Waals surface area contributed by atoms with Crippen LogP contribution in [0.3, 0.4) is 0 Å². The lowest BCUT2D eigenvalue weighted by atomic mass is 9.90. The number of aromatic nitrogens is 3. The van der Waals surface area contributed by atoms with Crippen molar-refractivity contribution in [1.82, 2.24) is 19.9 Å². The van der Waals surface area contributed by atoms with Gasteiger partial charge in [-0.3, -0.25) is 9.78 Å². The first-order valence-corrected chi connectivity index (χ1v) is 7.69. The molecule has 22 heavy (non-hydrogen) atoms. The first-order valence-electron chi connectivity index (χ1n) is 7.69. The second-order valence-electron chi connectivity index (χ2n) is 5.82. The highest BCUT2D eigenvalue weighted by Crippen LogP contribution is 2.22. The van der Waals surface area contributed by atoms with Crippen LogP contribution in [-0.4, -0.2) is 38.8 Å². The highest BCUT2D eigenvalue weighted by molar-refractivity contribution is 5.94. The zero-order valence-corrected chi connectivity index (χ0v) is 12.8. The maximum atomic E-state index is 12.5. The van der Waals surface area contributed by atoms with Gasteiger partial charge in [0.1, 0.15) is 6.33 Å². The average Bonchev–Trinajstić information content (AvgIpc) is 2.56. The number of hydrogen-bond donors (Lipinski definition) is 0. The molecule has 1 amide bonds. The highest BCUT2D eigenvalue weighted by Gasteiger charge is 2.24. The number of amides is 1. The fourth-order valence-corrected chi connectivity index (χ4v) is 2.96. The minimum Gasteiger partial charge on any atom is -0.339 e. The van der Waals surface area contributed by atoms with E-state index in [1.54, 1.807) is 6.20 Å². The van der Waals surface area contributed by atoms with E-state index < -0.39 is 0 Å². The first-order chi connectivity index (χ1) is 10.7. The topological polar surface area (TPSA) is 59.0 Å². The van der Waals surface area contributed by atoms with Crippen molar-refractivity contribution in [2.24, 2.45) is 5.92 Å². The van der Waals surface area contributed by atoms with Crippen LogP contribution in [0.1, 0.15) is 34.5 Å². The van der Waals surface area contributed by atoms with Crippen LogP contribution in [0.2, 0.25) is 0 Å². The molecule has 0 aromatic carbocycles. The Morgan fingerprint density at radius 3 is 2.64 bits per heavy atom. The van der Waals surface area contributed by atoms with E-state index in [1.165, 1.54) is 11.9 Å². The Kier molecular flexibility index (Phi) is 4.42. The molecule has 5 nitrogen and oxygen atoms in total. The number of rotatable bonds is 3. The lowest BCUT2D eigenvalue weighted by molar-refractivity contribution is 0.0689. The maximum absolute atomic E-state index is 12.5. The lowest BCUT2D eigenvalue weighted by Gasteiger charge is -2.32. The Morgan fingerprint density at radius 2 is 1.95 bits per heavy atom. The van der Waals surface area contributed by atoms with E-state index >= 15 is 0 Å². The summed E-state index contributed by atoms with van der Waals surface area (Å²) in [6, 6.07) is 4.14. The molecule has 0 unspecified atom stereocenters. The van der Waals surface area contributed by atoms with Gasteiger partial charge < -0.3 is 4.90 Å². The molecule has 114 valence electrons. The van der Waals surface area contributed by atoms with Gasteiger partial charge in [0.15, 0.2) is 0 Å². The van der Waals surface area contributed by atoms with E-state index in [-0.39, 0.29) is 5.91 Å². The summed E-state index contributed by atoms with van der Waals surface area (Å²) < 4.78 is 0. The molecule has 0 aliphatic carbocycles. The zero-order valence-electron chi connectivity index (χ0n) is 12.8. The number of piperidine rings is 1. The summed E-state index contributed by atoms with van der Waals surface area (Å²) >= 11 is 0. The zero-order chi connectivity index (χ0) is 15.4. The van der Waals surface area contributed by atoms with Crippen molar-refractivity contribution in [3.63, 3.8) is 0 Å². The Bertz CT molecular complexity index is 636. The summed E-state index contributed by atoms with van der Waals surface area (Å²) in [5.74, 6) is 0.694. The van der Waals surface area contributed by atoms with Crippen molar-refractivity contribution in [2.45, 2.75) is 26.2 Å². The molecule has 0 atom stereocenters. The monoisotopic (exact) mass is 296 g/mol. The molecule has 1 saturated heterocycles. The molecule has 1 fully saturated rings. The maximum Gasteiger partial charge on any atom is 0.257 e. The third-order valence-corrected chi connectivity index (χ3v) is 4.32. The number of likely N-dealkylation sites (tertiary alicyclic amines) is 1. The Hall–Kier alpha value is -2.30. The summed E-state index contributed by atoms with van der Waals surface area (Å²) in [4.78, 5) is 26.6. The number of nitrogens with zero attached hydrogens (tertiary/aromatic N) is 4. The van der Waals surface area contributed by atoms with Crippen molar-refractivity contribution in [2.75, 3.05) is 13.1 Å². The molecule has 3 rings (SSSR count). The number of hydrogen-bond acceptors (Lipinski definition) is 4.